The van der Waals surface area contributed by atoms with E-state index < -0.39 is 11.7 Å². The van der Waals surface area contributed by atoms with E-state index in [0.717, 1.165) is 91.7 Å². The highest BCUT2D eigenvalue weighted by molar-refractivity contribution is 6.10. The molecule has 1 spiro atoms. The third kappa shape index (κ3) is 6.89. The van der Waals surface area contributed by atoms with Crippen LogP contribution < -0.4 is 24.0 Å². The van der Waals surface area contributed by atoms with Crippen LogP contribution in [0.15, 0.2) is 115 Å². The summed E-state index contributed by atoms with van der Waals surface area (Å²) in [5.74, 6) is 3.85. The normalized spacial score (nSPS) is 24.7. The number of hydrogen-bond acceptors (Lipinski definition) is 8. The molecule has 3 aliphatic heterocycles. The molecule has 2 saturated carbocycles. The van der Waals surface area contributed by atoms with Gasteiger partial charge in [0, 0.05) is 70.6 Å². The molecule has 6 aromatic carbocycles. The summed E-state index contributed by atoms with van der Waals surface area (Å²) in [7, 11) is 1.79. The van der Waals surface area contributed by atoms with E-state index in [0.29, 0.717) is 17.6 Å². The van der Waals surface area contributed by atoms with Gasteiger partial charge in [-0.25, -0.2) is 0 Å². The lowest BCUT2D eigenvalue weighted by Crippen LogP contribution is -2.37. The molecule has 338 valence electrons. The number of nitrogens with zero attached hydrogens (tertiary/aromatic N) is 2. The van der Waals surface area contributed by atoms with Gasteiger partial charge in [0.2, 0.25) is 0 Å². The summed E-state index contributed by atoms with van der Waals surface area (Å²) in [6, 6.07) is 40.2. The van der Waals surface area contributed by atoms with Gasteiger partial charge in [0.15, 0.2) is 5.60 Å². The molecule has 0 amide bonds. The van der Waals surface area contributed by atoms with Crippen LogP contribution in [0.2, 0.25) is 0 Å². The second-order valence-corrected chi connectivity index (χ2v) is 19.6. The van der Waals surface area contributed by atoms with Crippen molar-refractivity contribution in [2.45, 2.75) is 62.6 Å². The molecule has 8 heteroatoms. The van der Waals surface area contributed by atoms with Gasteiger partial charge in [-0.1, -0.05) is 92.4 Å². The number of methoxy groups -OCH3 is 1. The van der Waals surface area contributed by atoms with E-state index in [1.807, 2.05) is 12.1 Å². The summed E-state index contributed by atoms with van der Waals surface area (Å²) in [6.45, 7) is 8.46. The van der Waals surface area contributed by atoms with E-state index in [4.69, 9.17) is 23.7 Å². The second-order valence-electron chi connectivity index (χ2n) is 19.6. The number of benzene rings is 6. The van der Waals surface area contributed by atoms with E-state index in [1.54, 1.807) is 14.0 Å². The Morgan fingerprint density at radius 3 is 1.94 bits per heavy atom. The Labute approximate surface area is 388 Å². The van der Waals surface area contributed by atoms with Crippen molar-refractivity contribution in [3.8, 4) is 39.5 Å². The third-order valence-corrected chi connectivity index (χ3v) is 15.8. The van der Waals surface area contributed by atoms with E-state index in [9.17, 15) is 5.11 Å². The van der Waals surface area contributed by atoms with Crippen LogP contribution in [-0.2, 0) is 20.5 Å². The maximum absolute atomic E-state index is 10.0. The maximum atomic E-state index is 10.0. The topological polar surface area (TPSA) is 72.9 Å². The fourth-order valence-corrected chi connectivity index (χ4v) is 12.7. The zero-order chi connectivity index (χ0) is 44.4. The van der Waals surface area contributed by atoms with Gasteiger partial charge in [-0.05, 0) is 119 Å². The number of rotatable bonds is 9. The Balaban J connectivity index is 1.08. The van der Waals surface area contributed by atoms with Crippen molar-refractivity contribution < 1.29 is 28.8 Å². The number of aliphatic hydroxyl groups excluding tert-OH is 1. The lowest BCUT2D eigenvalue weighted by molar-refractivity contribution is 0.122. The minimum absolute atomic E-state index is 0.111. The number of hydrogen-bond donors (Lipinski definition) is 1. The molecule has 6 aromatic rings. The molecule has 2 saturated heterocycles. The summed E-state index contributed by atoms with van der Waals surface area (Å²) >= 11 is 0. The Morgan fingerprint density at radius 1 is 0.712 bits per heavy atom. The number of morpholine rings is 2. The van der Waals surface area contributed by atoms with Crippen molar-refractivity contribution in [1.82, 2.24) is 0 Å². The first-order valence-corrected chi connectivity index (χ1v) is 24.4. The summed E-state index contributed by atoms with van der Waals surface area (Å²) < 4.78 is 31.7. The minimum Gasteiger partial charge on any atom is -0.496 e. The van der Waals surface area contributed by atoms with Crippen molar-refractivity contribution >= 4 is 28.2 Å². The standard InChI is InChI=1S/C58H60N2O6/c1-38(61)37-65-46-21-15-43(16-22-46)58(42-13-19-45(20-14-42)60-27-31-64-32-28-60)24-23-48-55-54(47-9-5-6-10-52(47)57(55)35-40-7-3-4-8-41(40)36-57)50-33-49(53(62-2)34-51(50)56(48)66-58)39-11-17-44(18-12-39)59-25-29-63-30-26-59/h5-6,9-24,33-34,38,40-41,61H,3-4,7-8,25-32,35-37H2,1-2H3. The molecule has 4 fully saturated rings. The van der Waals surface area contributed by atoms with Crippen LogP contribution in [0.25, 0.3) is 39.1 Å². The van der Waals surface area contributed by atoms with E-state index in [1.165, 1.54) is 83.1 Å². The van der Waals surface area contributed by atoms with Crippen LogP contribution in [0.5, 0.6) is 17.2 Å². The highest BCUT2D eigenvalue weighted by Gasteiger charge is 2.55. The van der Waals surface area contributed by atoms with Crippen LogP contribution in [0.1, 0.15) is 73.3 Å². The summed E-state index contributed by atoms with van der Waals surface area (Å²) in [5.41, 5.74) is 12.4. The molecule has 8 nitrogen and oxygen atoms in total. The molecule has 12 rings (SSSR count). The molecule has 4 atom stereocenters. The molecular weight excluding hydrogens is 821 g/mol. The van der Waals surface area contributed by atoms with E-state index in [2.05, 4.69) is 119 Å². The van der Waals surface area contributed by atoms with Gasteiger partial charge in [0.25, 0.3) is 0 Å². The highest BCUT2D eigenvalue weighted by atomic mass is 16.5. The van der Waals surface area contributed by atoms with E-state index in [-0.39, 0.29) is 12.0 Å². The molecule has 0 bridgehead atoms. The minimum atomic E-state index is -0.968. The van der Waals surface area contributed by atoms with E-state index >= 15 is 0 Å². The number of ether oxygens (including phenoxy) is 5. The molecule has 0 aromatic heterocycles. The quantitative estimate of drug-likeness (QED) is 0.154. The van der Waals surface area contributed by atoms with Gasteiger partial charge in [0.05, 0.1) is 39.6 Å². The van der Waals surface area contributed by atoms with Crippen LogP contribution in [0.4, 0.5) is 11.4 Å². The Kier molecular flexibility index (Phi) is 10.6. The highest BCUT2D eigenvalue weighted by Crippen LogP contribution is 2.66. The van der Waals surface area contributed by atoms with Crippen LogP contribution in [0, 0.1) is 11.8 Å². The smallest absolute Gasteiger partial charge is 0.178 e. The first-order chi connectivity index (χ1) is 32.4. The van der Waals surface area contributed by atoms with Crippen LogP contribution >= 0.6 is 0 Å². The number of anilines is 2. The number of fused-ring (bicyclic) bond motifs is 11. The largest absolute Gasteiger partial charge is 0.496 e. The average molecular weight is 881 g/mol. The predicted octanol–water partition coefficient (Wildman–Crippen LogP) is 11.2. The summed E-state index contributed by atoms with van der Waals surface area (Å²) in [4.78, 5) is 4.80. The molecular formula is C58H60N2O6. The molecule has 1 N–H and O–H groups in total. The van der Waals surface area contributed by atoms with Crippen molar-refractivity contribution in [2.24, 2.45) is 11.8 Å². The monoisotopic (exact) mass is 880 g/mol. The summed E-state index contributed by atoms with van der Waals surface area (Å²) in [6.07, 6.45) is 11.8. The maximum Gasteiger partial charge on any atom is 0.178 e. The lowest BCUT2D eigenvalue weighted by atomic mass is 9.72. The third-order valence-electron chi connectivity index (χ3n) is 15.8. The molecule has 4 unspecified atom stereocenters. The van der Waals surface area contributed by atoms with Crippen molar-refractivity contribution in [3.63, 3.8) is 0 Å². The van der Waals surface area contributed by atoms with Gasteiger partial charge >= 0.3 is 0 Å². The van der Waals surface area contributed by atoms with Crippen LogP contribution in [0.3, 0.4) is 0 Å². The Morgan fingerprint density at radius 2 is 1.32 bits per heavy atom. The average Bonchev–Trinajstić information content (AvgIpc) is 3.91. The fourth-order valence-electron chi connectivity index (χ4n) is 12.7. The van der Waals surface area contributed by atoms with Gasteiger partial charge in [-0.2, -0.15) is 0 Å². The molecule has 3 heterocycles. The molecule has 6 aliphatic rings. The van der Waals surface area contributed by atoms with Crippen molar-refractivity contribution in [1.29, 1.82) is 0 Å². The zero-order valence-electron chi connectivity index (χ0n) is 38.3. The van der Waals surface area contributed by atoms with Gasteiger partial charge < -0.3 is 38.6 Å². The predicted molar refractivity (Wildman–Crippen MR) is 263 cm³/mol. The number of aliphatic hydroxyl groups is 1. The van der Waals surface area contributed by atoms with Crippen LogP contribution in [-0.4, -0.2) is 77.5 Å². The lowest BCUT2D eigenvalue weighted by Gasteiger charge is -2.39. The molecule has 0 radical (unpaired) electrons. The molecule has 66 heavy (non-hydrogen) atoms. The Bertz CT molecular complexity index is 2770. The van der Waals surface area contributed by atoms with Gasteiger partial charge in [0.1, 0.15) is 23.9 Å². The fraction of sp³-hybridized carbons (Fsp3) is 0.379. The summed E-state index contributed by atoms with van der Waals surface area (Å²) in [5, 5.41) is 12.3. The van der Waals surface area contributed by atoms with Crippen molar-refractivity contribution in [3.05, 3.63) is 143 Å². The van der Waals surface area contributed by atoms with Crippen molar-refractivity contribution in [2.75, 3.05) is 76.1 Å². The van der Waals surface area contributed by atoms with Gasteiger partial charge in [-0.3, -0.25) is 0 Å². The second kappa shape index (κ2) is 16.8. The first kappa shape index (κ1) is 41.6. The SMILES string of the molecule is COc1cc2c3c(c4c(c2cc1-c1ccc(N2CCOCC2)cc1)-c1ccccc1C41CC2CCCCC2C1)C=CC(c1ccc(OCC(C)O)cc1)(c1ccc(N2CCOCC2)cc1)O3. The Hall–Kier alpha value is -5.80. The zero-order valence-corrected chi connectivity index (χ0v) is 38.3. The van der Waals surface area contributed by atoms with Gasteiger partial charge in [-0.15, -0.1) is 0 Å². The first-order valence-electron chi connectivity index (χ1n) is 24.4. The molecule has 3 aliphatic carbocycles.